The fraction of sp³-hybridized carbons (Fsp3) is 0.214. The number of aromatic nitrogens is 2. The largest absolute Gasteiger partial charge is 0.279 e. The zero-order chi connectivity index (χ0) is 16.6. The first-order valence-corrected chi connectivity index (χ1v) is 9.16. The molecule has 2 heterocycles. The van der Waals surface area contributed by atoms with Gasteiger partial charge in [0, 0.05) is 29.2 Å². The average Bonchev–Trinajstić information content (AvgIpc) is 2.90. The number of primary sulfonamides is 1. The molecule has 0 saturated carbocycles. The molecule has 2 N–H and O–H groups in total. The van der Waals surface area contributed by atoms with E-state index in [0.717, 1.165) is 10.0 Å². The molecule has 3 rings (SSSR count). The van der Waals surface area contributed by atoms with Crippen molar-refractivity contribution in [3.8, 4) is 11.3 Å². The van der Waals surface area contributed by atoms with E-state index in [0.29, 0.717) is 5.69 Å². The molecule has 1 amide bonds. The molecule has 1 unspecified atom stereocenters. The number of halogens is 1. The van der Waals surface area contributed by atoms with Gasteiger partial charge in [-0.25, -0.2) is 23.5 Å². The van der Waals surface area contributed by atoms with Gasteiger partial charge in [0.2, 0.25) is 21.9 Å². The highest BCUT2D eigenvalue weighted by Crippen LogP contribution is 2.24. The molecule has 0 bridgehead atoms. The lowest BCUT2D eigenvalue weighted by atomic mass is 10.1. The number of hydrogen-bond donors (Lipinski definition) is 1. The fourth-order valence-electron chi connectivity index (χ4n) is 2.35. The smallest absolute Gasteiger partial charge is 0.232 e. The summed E-state index contributed by atoms with van der Waals surface area (Å²) in [4.78, 5) is 21.8. The lowest BCUT2D eigenvalue weighted by Crippen LogP contribution is -2.32. The van der Waals surface area contributed by atoms with Crippen LogP contribution >= 0.6 is 15.9 Å². The number of nitrogens with zero attached hydrogens (tertiary/aromatic N) is 3. The number of carbonyl (C=O) groups is 1. The molecular formula is C14H13BrN4O3S. The molecule has 1 aromatic carbocycles. The molecule has 1 aliphatic rings. The third-order valence-electron chi connectivity index (χ3n) is 3.58. The number of anilines is 1. The normalized spacial score (nSPS) is 18.4. The third kappa shape index (κ3) is 3.41. The van der Waals surface area contributed by atoms with E-state index in [4.69, 9.17) is 5.14 Å². The summed E-state index contributed by atoms with van der Waals surface area (Å²) in [5.41, 5.74) is 1.51. The van der Waals surface area contributed by atoms with Gasteiger partial charge in [-0.05, 0) is 18.2 Å². The molecule has 7 nitrogen and oxygen atoms in total. The van der Waals surface area contributed by atoms with Crippen LogP contribution in [-0.4, -0.2) is 36.1 Å². The predicted molar refractivity (Wildman–Crippen MR) is 89.0 cm³/mol. The van der Waals surface area contributed by atoms with Gasteiger partial charge in [0.05, 0.1) is 5.69 Å². The van der Waals surface area contributed by atoms with Gasteiger partial charge in [0.25, 0.3) is 0 Å². The van der Waals surface area contributed by atoms with E-state index in [1.165, 1.54) is 11.1 Å². The molecule has 0 spiro atoms. The molecule has 1 aliphatic heterocycles. The molecule has 2 aromatic rings. The number of benzene rings is 1. The second-order valence-corrected chi connectivity index (χ2v) is 7.93. The van der Waals surface area contributed by atoms with Crippen LogP contribution in [-0.2, 0) is 14.8 Å². The summed E-state index contributed by atoms with van der Waals surface area (Å²) in [6.45, 7) is -0.0263. The van der Waals surface area contributed by atoms with Crippen LogP contribution in [0.5, 0.6) is 0 Å². The quantitative estimate of drug-likeness (QED) is 0.841. The van der Waals surface area contributed by atoms with Crippen LogP contribution in [0.4, 0.5) is 5.95 Å². The fourth-order valence-corrected chi connectivity index (χ4v) is 3.34. The maximum Gasteiger partial charge on any atom is 0.232 e. The van der Waals surface area contributed by atoms with Crippen LogP contribution in [0.2, 0.25) is 0 Å². The van der Waals surface area contributed by atoms with Gasteiger partial charge in [-0.2, -0.15) is 0 Å². The molecule has 1 atom stereocenters. The number of rotatable bonds is 3. The molecule has 1 aromatic heterocycles. The predicted octanol–water partition coefficient (Wildman–Crippen LogP) is 1.30. The Labute approximate surface area is 141 Å². The van der Waals surface area contributed by atoms with Crippen LogP contribution in [0.1, 0.15) is 6.42 Å². The van der Waals surface area contributed by atoms with Gasteiger partial charge in [-0.3, -0.25) is 9.69 Å². The standard InChI is InChI=1S/C14H13BrN4O3S/c15-10-3-1-9(2-4-10)12-5-6-17-14(18-12)19-8-11(7-13(19)20)23(16,21)22/h1-6,11H,7-8H2,(H2,16,21,22). The van der Waals surface area contributed by atoms with E-state index >= 15 is 0 Å². The molecule has 120 valence electrons. The van der Waals surface area contributed by atoms with Gasteiger partial charge in [0.1, 0.15) is 5.25 Å². The Morgan fingerprint density at radius 1 is 1.22 bits per heavy atom. The number of sulfonamides is 1. The number of nitrogens with two attached hydrogens (primary N) is 1. The lowest BCUT2D eigenvalue weighted by Gasteiger charge is -2.14. The van der Waals surface area contributed by atoms with Gasteiger partial charge >= 0.3 is 0 Å². The molecular weight excluding hydrogens is 384 g/mol. The van der Waals surface area contributed by atoms with Crippen molar-refractivity contribution in [3.05, 3.63) is 41.0 Å². The van der Waals surface area contributed by atoms with E-state index in [1.807, 2.05) is 24.3 Å². The Kier molecular flexibility index (Phi) is 4.17. The van der Waals surface area contributed by atoms with Crippen molar-refractivity contribution in [2.75, 3.05) is 11.4 Å². The van der Waals surface area contributed by atoms with Crippen LogP contribution in [0.15, 0.2) is 41.0 Å². The molecule has 1 saturated heterocycles. The molecule has 0 aliphatic carbocycles. The van der Waals surface area contributed by atoms with Crippen LogP contribution < -0.4 is 10.0 Å². The zero-order valence-corrected chi connectivity index (χ0v) is 14.3. The monoisotopic (exact) mass is 396 g/mol. The van der Waals surface area contributed by atoms with E-state index in [1.54, 1.807) is 6.07 Å². The Hall–Kier alpha value is -1.84. The first-order chi connectivity index (χ1) is 10.8. The minimum Gasteiger partial charge on any atom is -0.279 e. The summed E-state index contributed by atoms with van der Waals surface area (Å²) in [6, 6.07) is 9.26. The summed E-state index contributed by atoms with van der Waals surface area (Å²) in [6.07, 6.45) is 1.39. The summed E-state index contributed by atoms with van der Waals surface area (Å²) in [7, 11) is -3.77. The Bertz CT molecular complexity index is 855. The summed E-state index contributed by atoms with van der Waals surface area (Å²) in [5.74, 6) is -0.168. The van der Waals surface area contributed by atoms with E-state index in [2.05, 4.69) is 25.9 Å². The van der Waals surface area contributed by atoms with Gasteiger partial charge in [-0.15, -0.1) is 0 Å². The second-order valence-electron chi connectivity index (χ2n) is 5.17. The number of amides is 1. The summed E-state index contributed by atoms with van der Waals surface area (Å²) in [5, 5.41) is 4.21. The van der Waals surface area contributed by atoms with E-state index in [-0.39, 0.29) is 24.8 Å². The second kappa shape index (κ2) is 5.99. The molecule has 1 fully saturated rings. The van der Waals surface area contributed by atoms with E-state index in [9.17, 15) is 13.2 Å². The van der Waals surface area contributed by atoms with Crippen molar-refractivity contribution in [3.63, 3.8) is 0 Å². The Morgan fingerprint density at radius 2 is 1.91 bits per heavy atom. The minimum atomic E-state index is -3.77. The van der Waals surface area contributed by atoms with Crippen molar-refractivity contribution < 1.29 is 13.2 Å². The molecule has 23 heavy (non-hydrogen) atoms. The van der Waals surface area contributed by atoms with Crippen molar-refractivity contribution in [1.29, 1.82) is 0 Å². The highest BCUT2D eigenvalue weighted by Gasteiger charge is 2.38. The van der Waals surface area contributed by atoms with Gasteiger partial charge < -0.3 is 0 Å². The highest BCUT2D eigenvalue weighted by molar-refractivity contribution is 9.10. The van der Waals surface area contributed by atoms with Crippen molar-refractivity contribution >= 4 is 37.8 Å². The van der Waals surface area contributed by atoms with Crippen LogP contribution in [0.3, 0.4) is 0 Å². The van der Waals surface area contributed by atoms with Gasteiger partial charge in [-0.1, -0.05) is 28.1 Å². The number of hydrogen-bond acceptors (Lipinski definition) is 5. The van der Waals surface area contributed by atoms with Gasteiger partial charge in [0.15, 0.2) is 0 Å². The highest BCUT2D eigenvalue weighted by atomic mass is 79.9. The topological polar surface area (TPSA) is 106 Å². The van der Waals surface area contributed by atoms with Crippen LogP contribution in [0.25, 0.3) is 11.3 Å². The first-order valence-electron chi connectivity index (χ1n) is 6.75. The molecule has 0 radical (unpaired) electrons. The summed E-state index contributed by atoms with van der Waals surface area (Å²) < 4.78 is 23.8. The van der Waals surface area contributed by atoms with Crippen LogP contribution in [0, 0.1) is 0 Å². The Balaban J connectivity index is 1.91. The van der Waals surface area contributed by atoms with Crippen molar-refractivity contribution in [2.24, 2.45) is 5.14 Å². The number of carbonyl (C=O) groups excluding carboxylic acids is 1. The average molecular weight is 397 g/mol. The van der Waals surface area contributed by atoms with E-state index < -0.39 is 15.3 Å². The van der Waals surface area contributed by atoms with Crippen molar-refractivity contribution in [2.45, 2.75) is 11.7 Å². The SMILES string of the molecule is NS(=O)(=O)C1CC(=O)N(c2nccc(-c3ccc(Br)cc3)n2)C1. The molecule has 9 heteroatoms. The minimum absolute atomic E-state index is 0.0263. The Morgan fingerprint density at radius 3 is 2.52 bits per heavy atom. The van der Waals surface area contributed by atoms with Crippen molar-refractivity contribution in [1.82, 2.24) is 9.97 Å². The zero-order valence-electron chi connectivity index (χ0n) is 11.9. The lowest BCUT2D eigenvalue weighted by molar-refractivity contribution is -0.117. The maximum absolute atomic E-state index is 12.0. The third-order valence-corrected chi connectivity index (χ3v) is 5.35. The first kappa shape index (κ1) is 16.0. The maximum atomic E-state index is 12.0. The summed E-state index contributed by atoms with van der Waals surface area (Å²) >= 11 is 3.36.